The van der Waals surface area contributed by atoms with Crippen LogP contribution in [0.2, 0.25) is 0 Å². The Hall–Kier alpha value is -3.90. The summed E-state index contributed by atoms with van der Waals surface area (Å²) in [5.41, 5.74) is 7.29. The Morgan fingerprint density at radius 1 is 1.05 bits per heavy atom. The van der Waals surface area contributed by atoms with Crippen LogP contribution in [0.5, 0.6) is 0 Å². The first-order chi connectivity index (χ1) is 19.3. The van der Waals surface area contributed by atoms with Gasteiger partial charge in [-0.15, -0.1) is 17.5 Å². The molecule has 2 saturated heterocycles. The highest BCUT2D eigenvalue weighted by molar-refractivity contribution is 5.85. The second-order valence-corrected chi connectivity index (χ2v) is 11.2. The predicted octanol–water partition coefficient (Wildman–Crippen LogP) is 3.18. The maximum atomic E-state index is 11.6. The van der Waals surface area contributed by atoms with Crippen molar-refractivity contribution < 1.29 is 14.3 Å². The second-order valence-electron chi connectivity index (χ2n) is 11.2. The molecule has 1 aromatic carbocycles. The lowest BCUT2D eigenvalue weighted by molar-refractivity contribution is -0.142. The molecule has 218 valence electrons. The van der Waals surface area contributed by atoms with Crippen LogP contribution in [-0.2, 0) is 10.2 Å². The van der Waals surface area contributed by atoms with E-state index < -0.39 is 11.4 Å². The maximum Gasteiger partial charge on any atom is 0.313 e. The van der Waals surface area contributed by atoms with Crippen molar-refractivity contribution in [2.45, 2.75) is 32.1 Å². The maximum absolute atomic E-state index is 11.6. The van der Waals surface area contributed by atoms with Crippen molar-refractivity contribution in [2.24, 2.45) is 5.92 Å². The standard InChI is InChI=1S/C28H35N9O3.ClH/c1-28(2,24(38)39)20-7-9-21(10-8-20)35-14-12-34(13-15-35)17-19-5-3-11-36(18-19)26-31-25(29)37-27(32-26)30-23(33-37)22-6-4-16-40-22;/h4,6-10,16,19H,3,5,11-15,17-18H2,1-2H3,(H,38,39)(H2,29,30,31,32,33);1H. The molecular weight excluding hydrogens is 546 g/mol. The number of piperazine rings is 1. The summed E-state index contributed by atoms with van der Waals surface area (Å²) in [5, 5.41) is 13.9. The normalized spacial score (nSPS) is 18.4. The Kier molecular flexibility index (Phi) is 8.05. The van der Waals surface area contributed by atoms with Crippen LogP contribution in [-0.4, -0.2) is 86.4 Å². The van der Waals surface area contributed by atoms with Crippen molar-refractivity contribution in [2.75, 3.05) is 61.3 Å². The SMILES string of the molecule is CC(C)(C(=O)O)c1ccc(N2CCN(CC3CCCN(c4nc(N)n5nc(-c6ccco6)nc5n4)C3)CC2)cc1.Cl. The minimum atomic E-state index is -0.897. The van der Waals surface area contributed by atoms with E-state index in [2.05, 4.69) is 34.8 Å². The van der Waals surface area contributed by atoms with Gasteiger partial charge in [0.05, 0.1) is 11.7 Å². The monoisotopic (exact) mass is 581 g/mol. The Labute approximate surface area is 244 Å². The minimum Gasteiger partial charge on any atom is -0.481 e. The number of carboxylic acids is 1. The summed E-state index contributed by atoms with van der Waals surface area (Å²) in [6.07, 6.45) is 3.82. The summed E-state index contributed by atoms with van der Waals surface area (Å²) in [7, 11) is 0. The van der Waals surface area contributed by atoms with Gasteiger partial charge in [-0.3, -0.25) is 9.69 Å². The lowest BCUT2D eigenvalue weighted by Gasteiger charge is -2.40. The van der Waals surface area contributed by atoms with E-state index in [0.717, 1.165) is 63.5 Å². The molecule has 0 bridgehead atoms. The summed E-state index contributed by atoms with van der Waals surface area (Å²) < 4.78 is 6.86. The van der Waals surface area contributed by atoms with Crippen molar-refractivity contribution in [1.82, 2.24) is 29.5 Å². The number of benzene rings is 1. The zero-order valence-electron chi connectivity index (χ0n) is 23.3. The van der Waals surface area contributed by atoms with Gasteiger partial charge in [0.15, 0.2) is 5.76 Å². The van der Waals surface area contributed by atoms with E-state index in [4.69, 9.17) is 10.2 Å². The number of aromatic nitrogens is 5. The molecule has 0 aliphatic carbocycles. The zero-order valence-corrected chi connectivity index (χ0v) is 24.1. The smallest absolute Gasteiger partial charge is 0.313 e. The Morgan fingerprint density at radius 2 is 1.80 bits per heavy atom. The van der Waals surface area contributed by atoms with Gasteiger partial charge in [-0.2, -0.15) is 19.5 Å². The van der Waals surface area contributed by atoms with E-state index in [1.54, 1.807) is 32.2 Å². The minimum absolute atomic E-state index is 0. The number of nitrogen functional groups attached to an aromatic ring is 1. The molecule has 3 aromatic heterocycles. The van der Waals surface area contributed by atoms with Gasteiger partial charge in [-0.1, -0.05) is 12.1 Å². The van der Waals surface area contributed by atoms with Crippen LogP contribution in [0.3, 0.4) is 0 Å². The van der Waals surface area contributed by atoms with Crippen LogP contribution >= 0.6 is 12.4 Å². The predicted molar refractivity (Wildman–Crippen MR) is 159 cm³/mol. The highest BCUT2D eigenvalue weighted by Crippen LogP contribution is 2.28. The van der Waals surface area contributed by atoms with Crippen molar-refractivity contribution >= 4 is 41.7 Å². The molecule has 0 amide bonds. The second kappa shape index (κ2) is 11.5. The fourth-order valence-electron chi connectivity index (χ4n) is 5.61. The number of nitrogens with two attached hydrogens (primary N) is 1. The molecule has 1 atom stereocenters. The first-order valence-electron chi connectivity index (χ1n) is 13.8. The number of nitrogens with zero attached hydrogens (tertiary/aromatic N) is 8. The van der Waals surface area contributed by atoms with Gasteiger partial charge in [0.2, 0.25) is 17.7 Å². The van der Waals surface area contributed by atoms with Gasteiger partial charge in [-0.25, -0.2) is 0 Å². The third-order valence-electron chi connectivity index (χ3n) is 8.14. The van der Waals surface area contributed by atoms with E-state index in [9.17, 15) is 9.90 Å². The highest BCUT2D eigenvalue weighted by Gasteiger charge is 2.30. The number of halogens is 1. The van der Waals surface area contributed by atoms with Crippen LogP contribution < -0.4 is 15.5 Å². The van der Waals surface area contributed by atoms with Crippen LogP contribution in [0.25, 0.3) is 17.4 Å². The topological polar surface area (TPSA) is 142 Å². The van der Waals surface area contributed by atoms with E-state index in [0.29, 0.717) is 29.2 Å². The fraction of sp³-hybridized carbons (Fsp3) is 0.464. The number of aliphatic carboxylic acids is 1. The molecule has 0 spiro atoms. The van der Waals surface area contributed by atoms with E-state index in [1.165, 1.54) is 10.9 Å². The third kappa shape index (κ3) is 5.80. The first-order valence-corrected chi connectivity index (χ1v) is 13.8. The number of carbonyl (C=O) groups is 1. The third-order valence-corrected chi connectivity index (χ3v) is 8.14. The molecule has 12 nitrogen and oxygen atoms in total. The molecule has 13 heteroatoms. The average Bonchev–Trinajstić information content (AvgIpc) is 3.64. The van der Waals surface area contributed by atoms with Crippen molar-refractivity contribution in [3.63, 3.8) is 0 Å². The first kappa shape index (κ1) is 28.6. The largest absolute Gasteiger partial charge is 0.481 e. The van der Waals surface area contributed by atoms with Gasteiger partial charge >= 0.3 is 5.97 Å². The molecular formula is C28H36ClN9O3. The Morgan fingerprint density at radius 3 is 2.49 bits per heavy atom. The van der Waals surface area contributed by atoms with Gasteiger partial charge in [0, 0.05) is 51.5 Å². The molecule has 2 aliphatic rings. The fourth-order valence-corrected chi connectivity index (χ4v) is 5.61. The number of hydrogen-bond acceptors (Lipinski definition) is 10. The van der Waals surface area contributed by atoms with Gasteiger partial charge in [0.25, 0.3) is 5.78 Å². The Bertz CT molecular complexity index is 1480. The molecule has 0 radical (unpaired) electrons. The van der Waals surface area contributed by atoms with E-state index >= 15 is 0 Å². The molecule has 4 aromatic rings. The van der Waals surface area contributed by atoms with Crippen molar-refractivity contribution in [3.05, 3.63) is 48.2 Å². The summed E-state index contributed by atoms with van der Waals surface area (Å²) in [6, 6.07) is 11.6. The number of anilines is 3. The van der Waals surface area contributed by atoms with Gasteiger partial charge in [-0.05, 0) is 62.4 Å². The van der Waals surface area contributed by atoms with Crippen LogP contribution in [0, 0.1) is 5.92 Å². The van der Waals surface area contributed by atoms with Crippen molar-refractivity contribution in [3.8, 4) is 11.6 Å². The molecule has 0 saturated carbocycles. The summed E-state index contributed by atoms with van der Waals surface area (Å²) in [4.78, 5) is 32.4. The van der Waals surface area contributed by atoms with Gasteiger partial charge in [0.1, 0.15) is 0 Å². The summed E-state index contributed by atoms with van der Waals surface area (Å²) >= 11 is 0. The number of carboxylic acid groups (broad SMARTS) is 1. The number of rotatable bonds is 7. The molecule has 6 rings (SSSR count). The molecule has 1 unspecified atom stereocenters. The average molecular weight is 582 g/mol. The highest BCUT2D eigenvalue weighted by atomic mass is 35.5. The number of fused-ring (bicyclic) bond motifs is 1. The Balaban J connectivity index is 0.00000337. The van der Waals surface area contributed by atoms with Crippen LogP contribution in [0.4, 0.5) is 17.6 Å². The molecule has 2 fully saturated rings. The molecule has 3 N–H and O–H groups in total. The lowest BCUT2D eigenvalue weighted by Crippen LogP contribution is -2.49. The lowest BCUT2D eigenvalue weighted by atomic mass is 9.85. The van der Waals surface area contributed by atoms with Crippen molar-refractivity contribution in [1.29, 1.82) is 0 Å². The number of piperidine rings is 1. The molecule has 41 heavy (non-hydrogen) atoms. The quantitative estimate of drug-likeness (QED) is 0.332. The molecule has 5 heterocycles. The van der Waals surface area contributed by atoms with Crippen LogP contribution in [0.1, 0.15) is 32.3 Å². The van der Waals surface area contributed by atoms with Crippen LogP contribution in [0.15, 0.2) is 47.1 Å². The summed E-state index contributed by atoms with van der Waals surface area (Å²) in [6.45, 7) is 10.1. The van der Waals surface area contributed by atoms with E-state index in [-0.39, 0.29) is 18.4 Å². The number of hydrogen-bond donors (Lipinski definition) is 2. The van der Waals surface area contributed by atoms with Gasteiger partial charge < -0.3 is 25.1 Å². The zero-order chi connectivity index (χ0) is 27.9. The molecule has 2 aliphatic heterocycles. The number of furan rings is 1. The summed E-state index contributed by atoms with van der Waals surface area (Å²) in [5.74, 6) is 1.93. The van der Waals surface area contributed by atoms with E-state index in [1.807, 2.05) is 24.3 Å².